The van der Waals surface area contributed by atoms with Crippen LogP contribution < -0.4 is 15.8 Å². The number of anilines is 1. The first-order valence-electron chi connectivity index (χ1n) is 8.41. The number of fused-ring (bicyclic) bond motifs is 2. The number of nitrogens with one attached hydrogen (secondary N) is 2. The summed E-state index contributed by atoms with van der Waals surface area (Å²) < 4.78 is 40.5. The molecule has 1 aromatic carbocycles. The van der Waals surface area contributed by atoms with Gasteiger partial charge in [-0.3, -0.25) is 10.2 Å². The first-order valence-corrected chi connectivity index (χ1v) is 8.41. The zero-order valence-electron chi connectivity index (χ0n) is 14.3. The van der Waals surface area contributed by atoms with E-state index in [0.717, 1.165) is 37.8 Å². The third-order valence-electron chi connectivity index (χ3n) is 5.19. The van der Waals surface area contributed by atoms with Gasteiger partial charge < -0.3 is 20.7 Å². The quantitative estimate of drug-likeness (QED) is 0.560. The van der Waals surface area contributed by atoms with Crippen molar-refractivity contribution >= 4 is 17.3 Å². The lowest BCUT2D eigenvalue weighted by molar-refractivity contribution is -0.274. The van der Waals surface area contributed by atoms with E-state index < -0.39 is 18.0 Å². The van der Waals surface area contributed by atoms with Crippen molar-refractivity contribution in [1.29, 1.82) is 5.41 Å². The smallest absolute Gasteiger partial charge is 0.406 e. The molecular weight excluding hydrogens is 349 g/mol. The van der Waals surface area contributed by atoms with Gasteiger partial charge in [-0.2, -0.15) is 0 Å². The summed E-state index contributed by atoms with van der Waals surface area (Å²) in [5.74, 6) is -1.06. The topological polar surface area (TPSA) is 91.4 Å². The van der Waals surface area contributed by atoms with Crippen molar-refractivity contribution in [3.8, 4) is 5.75 Å². The Kier molecular flexibility index (Phi) is 4.83. The van der Waals surface area contributed by atoms with Gasteiger partial charge in [-0.1, -0.05) is 0 Å². The molecule has 2 fully saturated rings. The second-order valence-corrected chi connectivity index (χ2v) is 6.86. The van der Waals surface area contributed by atoms with Crippen molar-refractivity contribution in [3.05, 3.63) is 23.8 Å². The predicted molar refractivity (Wildman–Crippen MR) is 90.1 cm³/mol. The number of benzene rings is 1. The number of nitrogen functional groups attached to an aromatic ring is 1. The van der Waals surface area contributed by atoms with Crippen LogP contribution in [0.3, 0.4) is 0 Å². The molecule has 1 aromatic rings. The molecule has 142 valence electrons. The van der Waals surface area contributed by atoms with E-state index in [1.807, 2.05) is 0 Å². The van der Waals surface area contributed by atoms with Crippen molar-refractivity contribution in [1.82, 2.24) is 10.2 Å². The summed E-state index contributed by atoms with van der Waals surface area (Å²) >= 11 is 0. The van der Waals surface area contributed by atoms with E-state index >= 15 is 0 Å². The van der Waals surface area contributed by atoms with E-state index in [1.165, 1.54) is 6.07 Å². The van der Waals surface area contributed by atoms with Crippen LogP contribution in [0.2, 0.25) is 0 Å². The Balaban J connectivity index is 1.64. The van der Waals surface area contributed by atoms with Gasteiger partial charge in [0.2, 0.25) is 0 Å². The first kappa shape index (κ1) is 18.5. The van der Waals surface area contributed by atoms with Gasteiger partial charge in [0.1, 0.15) is 11.5 Å². The number of nitrogens with two attached hydrogens (primary N) is 1. The number of carbonyl (C=O) groups is 1. The van der Waals surface area contributed by atoms with Crippen LogP contribution >= 0.6 is 0 Å². The highest BCUT2D eigenvalue weighted by Gasteiger charge is 2.39. The second-order valence-electron chi connectivity index (χ2n) is 6.86. The van der Waals surface area contributed by atoms with Crippen molar-refractivity contribution in [2.75, 3.05) is 12.8 Å². The van der Waals surface area contributed by atoms with Gasteiger partial charge in [-0.25, -0.2) is 0 Å². The number of hydrogen-bond acceptors (Lipinski definition) is 5. The maximum atomic E-state index is 12.4. The molecule has 2 aliphatic rings. The maximum Gasteiger partial charge on any atom is 0.573 e. The molecule has 0 aromatic heterocycles. The van der Waals surface area contributed by atoms with Gasteiger partial charge in [-0.15, -0.1) is 13.2 Å². The van der Waals surface area contributed by atoms with Crippen molar-refractivity contribution in [3.63, 3.8) is 0 Å². The summed E-state index contributed by atoms with van der Waals surface area (Å²) in [7, 11) is 2.09. The molecule has 0 saturated carbocycles. The van der Waals surface area contributed by atoms with Crippen molar-refractivity contribution in [2.24, 2.45) is 0 Å². The molecule has 2 bridgehead atoms. The Morgan fingerprint density at radius 2 is 1.92 bits per heavy atom. The molecular formula is C17H21F3N4O2. The lowest BCUT2D eigenvalue weighted by Gasteiger charge is -2.36. The molecule has 2 aliphatic heterocycles. The molecule has 0 spiro atoms. The standard InChI is InChI=1S/C17H21F3N4O2/c1-24-10-2-3-11(24)7-9(6-10)23-16(25)15(22)13-5-4-12(8-14(13)21)26-17(18,19)20/h4-5,8-11,22H,2-3,6-7,21H2,1H3,(H,23,25). The first-order chi connectivity index (χ1) is 12.1. The van der Waals surface area contributed by atoms with E-state index in [-0.39, 0.29) is 23.0 Å². The van der Waals surface area contributed by atoms with Crippen LogP contribution in [-0.2, 0) is 4.79 Å². The Morgan fingerprint density at radius 1 is 1.31 bits per heavy atom. The van der Waals surface area contributed by atoms with Gasteiger partial charge in [-0.05, 0) is 44.9 Å². The predicted octanol–water partition coefficient (Wildman–Crippen LogP) is 2.28. The van der Waals surface area contributed by atoms with Crippen LogP contribution in [0, 0.1) is 5.41 Å². The Labute approximate surface area is 149 Å². The number of piperidine rings is 1. The molecule has 26 heavy (non-hydrogen) atoms. The monoisotopic (exact) mass is 370 g/mol. The SMILES string of the molecule is CN1C2CCC1CC(NC(=O)C(=N)c1ccc(OC(F)(F)F)cc1N)C2. The summed E-state index contributed by atoms with van der Waals surface area (Å²) in [6, 6.07) is 4.06. The third kappa shape index (κ3) is 3.92. The van der Waals surface area contributed by atoms with Crippen molar-refractivity contribution in [2.45, 2.75) is 50.2 Å². The molecule has 1 amide bonds. The molecule has 0 radical (unpaired) electrons. The highest BCUT2D eigenvalue weighted by atomic mass is 19.4. The third-order valence-corrected chi connectivity index (χ3v) is 5.19. The molecule has 4 N–H and O–H groups in total. The van der Waals surface area contributed by atoms with E-state index in [0.29, 0.717) is 12.1 Å². The molecule has 3 rings (SSSR count). The lowest BCUT2D eigenvalue weighted by atomic mass is 9.97. The number of alkyl halides is 3. The fourth-order valence-corrected chi connectivity index (χ4v) is 3.87. The Bertz CT molecular complexity index is 708. The number of halogens is 3. The van der Waals surface area contributed by atoms with Crippen LogP contribution in [0.15, 0.2) is 18.2 Å². The van der Waals surface area contributed by atoms with Crippen LogP contribution in [0.25, 0.3) is 0 Å². The van der Waals surface area contributed by atoms with Gasteiger partial charge in [0.25, 0.3) is 5.91 Å². The summed E-state index contributed by atoms with van der Waals surface area (Å²) in [6.45, 7) is 0. The summed E-state index contributed by atoms with van der Waals surface area (Å²) in [6.07, 6.45) is -0.941. The molecule has 2 unspecified atom stereocenters. The minimum absolute atomic E-state index is 0.00869. The van der Waals surface area contributed by atoms with Gasteiger partial charge in [0.05, 0.1) is 0 Å². The number of rotatable bonds is 4. The summed E-state index contributed by atoms with van der Waals surface area (Å²) in [5, 5.41) is 10.9. The normalized spacial score (nSPS) is 25.8. The fourth-order valence-electron chi connectivity index (χ4n) is 3.87. The fraction of sp³-hybridized carbons (Fsp3) is 0.529. The van der Waals surface area contributed by atoms with E-state index in [2.05, 4.69) is 22.0 Å². The van der Waals surface area contributed by atoms with Crippen LogP contribution in [-0.4, -0.2) is 48.1 Å². The molecule has 2 atom stereocenters. The number of amides is 1. The van der Waals surface area contributed by atoms with Gasteiger partial charge in [0, 0.05) is 35.4 Å². The van der Waals surface area contributed by atoms with E-state index in [4.69, 9.17) is 11.1 Å². The van der Waals surface area contributed by atoms with Crippen molar-refractivity contribution < 1.29 is 22.7 Å². The van der Waals surface area contributed by atoms with Crippen LogP contribution in [0.1, 0.15) is 31.2 Å². The van der Waals surface area contributed by atoms with Crippen LogP contribution in [0.5, 0.6) is 5.75 Å². The number of carbonyl (C=O) groups excluding carboxylic acids is 1. The number of nitrogens with zero attached hydrogens (tertiary/aromatic N) is 1. The van der Waals surface area contributed by atoms with E-state index in [9.17, 15) is 18.0 Å². The van der Waals surface area contributed by atoms with Gasteiger partial charge in [0.15, 0.2) is 0 Å². The Hall–Kier alpha value is -2.29. The molecule has 9 heteroatoms. The Morgan fingerprint density at radius 3 is 2.46 bits per heavy atom. The average molecular weight is 370 g/mol. The molecule has 2 heterocycles. The van der Waals surface area contributed by atoms with Gasteiger partial charge >= 0.3 is 6.36 Å². The molecule has 0 aliphatic carbocycles. The number of hydrogen-bond donors (Lipinski definition) is 3. The average Bonchev–Trinajstić information content (AvgIpc) is 2.75. The second kappa shape index (κ2) is 6.79. The minimum atomic E-state index is -4.83. The summed E-state index contributed by atoms with van der Waals surface area (Å²) in [5.41, 5.74) is 5.30. The zero-order valence-corrected chi connectivity index (χ0v) is 14.3. The lowest BCUT2D eigenvalue weighted by Crippen LogP contribution is -2.50. The summed E-state index contributed by atoms with van der Waals surface area (Å²) in [4.78, 5) is 14.7. The van der Waals surface area contributed by atoms with E-state index in [1.54, 1.807) is 0 Å². The highest BCUT2D eigenvalue weighted by molar-refractivity contribution is 6.45. The zero-order chi connectivity index (χ0) is 19.1. The maximum absolute atomic E-state index is 12.4. The molecule has 6 nitrogen and oxygen atoms in total. The minimum Gasteiger partial charge on any atom is -0.406 e. The largest absolute Gasteiger partial charge is 0.573 e. The van der Waals surface area contributed by atoms with Crippen LogP contribution in [0.4, 0.5) is 18.9 Å². The molecule has 2 saturated heterocycles. The number of ether oxygens (including phenoxy) is 1. The highest BCUT2D eigenvalue weighted by Crippen LogP contribution is 2.34.